The number of hydrogen-bond donors (Lipinski definition) is 0. The Hall–Kier alpha value is -1.95. The first-order valence-corrected chi connectivity index (χ1v) is 8.45. The van der Waals surface area contributed by atoms with E-state index in [0.29, 0.717) is 31.6 Å². The minimum Gasteiger partial charge on any atom is -0.444 e. The van der Waals surface area contributed by atoms with Gasteiger partial charge in [0, 0.05) is 6.07 Å². The molecule has 1 fully saturated rings. The highest BCUT2D eigenvalue weighted by atomic mass is 19.1. The van der Waals surface area contributed by atoms with Crippen LogP contribution in [0.3, 0.4) is 0 Å². The second-order valence-electron chi connectivity index (χ2n) is 7.63. The van der Waals surface area contributed by atoms with Gasteiger partial charge in [0.15, 0.2) is 0 Å². The molecule has 1 aromatic rings. The van der Waals surface area contributed by atoms with Crippen molar-refractivity contribution < 1.29 is 23.0 Å². The first-order chi connectivity index (χ1) is 11.7. The predicted octanol–water partition coefficient (Wildman–Crippen LogP) is 3.84. The minimum absolute atomic E-state index is 0.119. The molecule has 3 rings (SSSR count). The fourth-order valence-corrected chi connectivity index (χ4v) is 3.39. The van der Waals surface area contributed by atoms with Crippen LogP contribution >= 0.6 is 0 Å². The summed E-state index contributed by atoms with van der Waals surface area (Å²) in [5, 5.41) is 0. The predicted molar refractivity (Wildman–Crippen MR) is 89.2 cm³/mol. The molecular weight excluding hydrogens is 328 g/mol. The van der Waals surface area contributed by atoms with Crippen molar-refractivity contribution in [2.75, 3.05) is 13.2 Å². The first kappa shape index (κ1) is 17.9. The number of carbonyl (C=O) groups is 1. The molecule has 0 N–H and O–H groups in total. The monoisotopic (exact) mass is 351 g/mol. The molecule has 2 atom stereocenters. The van der Waals surface area contributed by atoms with Gasteiger partial charge >= 0.3 is 6.09 Å². The van der Waals surface area contributed by atoms with Gasteiger partial charge in [0.05, 0.1) is 25.3 Å². The third-order valence-electron chi connectivity index (χ3n) is 4.23. The van der Waals surface area contributed by atoms with Crippen LogP contribution < -0.4 is 0 Å². The van der Waals surface area contributed by atoms with Crippen LogP contribution in [0.15, 0.2) is 29.8 Å². The lowest BCUT2D eigenvalue weighted by molar-refractivity contribution is -0.0536. The Morgan fingerprint density at radius 1 is 1.24 bits per heavy atom. The van der Waals surface area contributed by atoms with E-state index in [9.17, 15) is 13.6 Å². The molecule has 2 unspecified atom stereocenters. The zero-order chi connectivity index (χ0) is 18.2. The van der Waals surface area contributed by atoms with Crippen molar-refractivity contribution in [2.24, 2.45) is 0 Å². The van der Waals surface area contributed by atoms with Crippen LogP contribution in [-0.2, 0) is 15.9 Å². The van der Waals surface area contributed by atoms with Gasteiger partial charge in [0.1, 0.15) is 17.2 Å². The second kappa shape index (κ2) is 6.75. The third-order valence-corrected chi connectivity index (χ3v) is 4.23. The number of ether oxygens (including phenoxy) is 2. The van der Waals surface area contributed by atoms with E-state index in [4.69, 9.17) is 9.47 Å². The van der Waals surface area contributed by atoms with E-state index in [-0.39, 0.29) is 18.2 Å². The standard InChI is InChI=1S/C19H23F2NO3/c1-19(2,3)25-18(23)22-16-7-13(8-17(22)11-24-10-16)4-12-5-14(20)9-15(21)6-12/h5-7,9,16-17H,4,8,10-11H2,1-3H3. The molecule has 2 bridgehead atoms. The van der Waals surface area contributed by atoms with Gasteiger partial charge in [-0.25, -0.2) is 13.6 Å². The molecule has 0 aliphatic carbocycles. The number of benzene rings is 1. The molecule has 0 radical (unpaired) electrons. The number of amides is 1. The van der Waals surface area contributed by atoms with Crippen LogP contribution in [0.5, 0.6) is 0 Å². The number of rotatable bonds is 2. The van der Waals surface area contributed by atoms with Gasteiger partial charge in [0.2, 0.25) is 0 Å². The number of hydrogen-bond acceptors (Lipinski definition) is 3. The van der Waals surface area contributed by atoms with E-state index in [1.165, 1.54) is 12.1 Å². The molecule has 6 heteroatoms. The van der Waals surface area contributed by atoms with E-state index >= 15 is 0 Å². The molecule has 2 aliphatic heterocycles. The van der Waals surface area contributed by atoms with Gasteiger partial charge in [-0.1, -0.05) is 11.6 Å². The molecule has 1 aromatic carbocycles. The van der Waals surface area contributed by atoms with Gasteiger partial charge < -0.3 is 9.47 Å². The summed E-state index contributed by atoms with van der Waals surface area (Å²) >= 11 is 0. The molecular formula is C19H23F2NO3. The summed E-state index contributed by atoms with van der Waals surface area (Å²) in [5.41, 5.74) is 1.09. The van der Waals surface area contributed by atoms with Crippen LogP contribution in [0.25, 0.3) is 0 Å². The maximum atomic E-state index is 13.4. The Labute approximate surface area is 146 Å². The Balaban J connectivity index is 1.78. The van der Waals surface area contributed by atoms with Crippen molar-refractivity contribution in [3.63, 3.8) is 0 Å². The molecule has 136 valence electrons. The van der Waals surface area contributed by atoms with Crippen molar-refractivity contribution >= 4 is 6.09 Å². The molecule has 2 aliphatic rings. The molecule has 0 spiro atoms. The van der Waals surface area contributed by atoms with E-state index in [1.807, 2.05) is 26.8 Å². The van der Waals surface area contributed by atoms with Crippen LogP contribution in [0.1, 0.15) is 32.8 Å². The molecule has 0 aromatic heterocycles. The lowest BCUT2D eigenvalue weighted by Crippen LogP contribution is -2.57. The Morgan fingerprint density at radius 2 is 1.92 bits per heavy atom. The van der Waals surface area contributed by atoms with Gasteiger partial charge in [-0.3, -0.25) is 4.90 Å². The molecule has 1 amide bonds. The quantitative estimate of drug-likeness (QED) is 0.760. The highest BCUT2D eigenvalue weighted by molar-refractivity contribution is 5.70. The molecule has 2 heterocycles. The van der Waals surface area contributed by atoms with Crippen molar-refractivity contribution in [1.82, 2.24) is 4.90 Å². The maximum Gasteiger partial charge on any atom is 0.411 e. The second-order valence-corrected chi connectivity index (χ2v) is 7.63. The topological polar surface area (TPSA) is 38.8 Å². The molecule has 1 saturated heterocycles. The van der Waals surface area contributed by atoms with Crippen LogP contribution in [-0.4, -0.2) is 41.9 Å². The highest BCUT2D eigenvalue weighted by Gasteiger charge is 2.39. The van der Waals surface area contributed by atoms with Crippen molar-refractivity contribution in [3.05, 3.63) is 47.0 Å². The van der Waals surface area contributed by atoms with Crippen LogP contribution in [0.2, 0.25) is 0 Å². The smallest absolute Gasteiger partial charge is 0.411 e. The maximum absolute atomic E-state index is 13.4. The van der Waals surface area contributed by atoms with Crippen LogP contribution in [0.4, 0.5) is 13.6 Å². The summed E-state index contributed by atoms with van der Waals surface area (Å²) in [7, 11) is 0. The summed E-state index contributed by atoms with van der Waals surface area (Å²) in [6, 6.07) is 3.22. The first-order valence-electron chi connectivity index (χ1n) is 8.45. The van der Waals surface area contributed by atoms with Crippen LogP contribution in [0, 0.1) is 11.6 Å². The normalized spacial score (nSPS) is 23.2. The number of carbonyl (C=O) groups excluding carboxylic acids is 1. The summed E-state index contributed by atoms with van der Waals surface area (Å²) in [4.78, 5) is 14.2. The molecule has 0 saturated carbocycles. The van der Waals surface area contributed by atoms with Crippen molar-refractivity contribution in [3.8, 4) is 0 Å². The summed E-state index contributed by atoms with van der Waals surface area (Å²) in [6.45, 7) is 6.34. The zero-order valence-corrected chi connectivity index (χ0v) is 14.7. The number of morpholine rings is 1. The van der Waals surface area contributed by atoms with Gasteiger partial charge in [-0.2, -0.15) is 0 Å². The number of halogens is 2. The SMILES string of the molecule is CC(C)(C)OC(=O)N1C2C=C(Cc3cc(F)cc(F)c3)CC1COC2. The van der Waals surface area contributed by atoms with E-state index in [1.54, 1.807) is 4.90 Å². The van der Waals surface area contributed by atoms with Gasteiger partial charge in [-0.15, -0.1) is 0 Å². The summed E-state index contributed by atoms with van der Waals surface area (Å²) < 4.78 is 37.9. The van der Waals surface area contributed by atoms with E-state index < -0.39 is 17.2 Å². The Kier molecular flexibility index (Phi) is 4.82. The average molecular weight is 351 g/mol. The average Bonchev–Trinajstić information content (AvgIpc) is 2.43. The molecule has 25 heavy (non-hydrogen) atoms. The van der Waals surface area contributed by atoms with Gasteiger partial charge in [0.25, 0.3) is 0 Å². The minimum atomic E-state index is -0.578. The highest BCUT2D eigenvalue weighted by Crippen LogP contribution is 2.30. The lowest BCUT2D eigenvalue weighted by atomic mass is 9.90. The fraction of sp³-hybridized carbons (Fsp3) is 0.526. The summed E-state index contributed by atoms with van der Waals surface area (Å²) in [5.74, 6) is -1.16. The van der Waals surface area contributed by atoms with Crippen molar-refractivity contribution in [1.29, 1.82) is 0 Å². The third kappa shape index (κ3) is 4.37. The fourth-order valence-electron chi connectivity index (χ4n) is 3.39. The molecule has 4 nitrogen and oxygen atoms in total. The van der Waals surface area contributed by atoms with Gasteiger partial charge in [-0.05, 0) is 51.3 Å². The largest absolute Gasteiger partial charge is 0.444 e. The van der Waals surface area contributed by atoms with Crippen molar-refractivity contribution in [2.45, 2.75) is 51.3 Å². The Morgan fingerprint density at radius 3 is 2.52 bits per heavy atom. The summed E-state index contributed by atoms with van der Waals surface area (Å²) in [6.07, 6.45) is 2.68. The van der Waals surface area contributed by atoms with E-state index in [2.05, 4.69) is 0 Å². The lowest BCUT2D eigenvalue weighted by Gasteiger charge is -2.44. The Bertz CT molecular complexity index is 676. The zero-order valence-electron chi connectivity index (χ0n) is 14.7. The number of fused-ring (bicyclic) bond motifs is 2. The number of nitrogens with zero attached hydrogens (tertiary/aromatic N) is 1. The van der Waals surface area contributed by atoms with E-state index in [0.717, 1.165) is 11.6 Å².